The van der Waals surface area contributed by atoms with Gasteiger partial charge >= 0.3 is 0 Å². The molecular formula is C19H23NO3S. The van der Waals surface area contributed by atoms with Crippen LogP contribution in [0.4, 0.5) is 5.69 Å². The summed E-state index contributed by atoms with van der Waals surface area (Å²) in [6, 6.07) is 9.36. The molecule has 5 heteroatoms. The molecule has 0 amide bonds. The van der Waals surface area contributed by atoms with Crippen LogP contribution in [0.25, 0.3) is 0 Å². The molecule has 0 spiro atoms. The Hall–Kier alpha value is -2.01. The zero-order valence-corrected chi connectivity index (χ0v) is 15.6. The second-order valence-corrected chi connectivity index (χ2v) is 8.24. The molecule has 0 aromatic heterocycles. The molecule has 1 aliphatic heterocycles. The van der Waals surface area contributed by atoms with E-state index < -0.39 is 10.0 Å². The lowest BCUT2D eigenvalue weighted by Gasteiger charge is -2.26. The highest BCUT2D eigenvalue weighted by atomic mass is 32.2. The molecule has 2 aromatic carbocycles. The van der Waals surface area contributed by atoms with Crippen LogP contribution in [0.5, 0.6) is 5.75 Å². The molecule has 0 saturated carbocycles. The van der Waals surface area contributed by atoms with E-state index in [1.54, 1.807) is 17.5 Å². The maximum Gasteiger partial charge on any atom is 0.264 e. The SMILES string of the molecule is COc1c(C)cc(S(=O)(=O)N2c3ccccc3C[C@H]2C)c(C)c1C. The van der Waals surface area contributed by atoms with Crippen LogP contribution in [0.1, 0.15) is 29.2 Å². The molecule has 0 N–H and O–H groups in total. The second kappa shape index (κ2) is 5.81. The molecule has 1 heterocycles. The first-order valence-corrected chi connectivity index (χ1v) is 9.50. The molecule has 0 bridgehead atoms. The van der Waals surface area contributed by atoms with Crippen molar-refractivity contribution in [3.8, 4) is 5.75 Å². The summed E-state index contributed by atoms with van der Waals surface area (Å²) in [5, 5.41) is 0. The summed E-state index contributed by atoms with van der Waals surface area (Å²) in [6.45, 7) is 7.58. The molecule has 1 atom stereocenters. The van der Waals surface area contributed by atoms with E-state index in [-0.39, 0.29) is 6.04 Å². The molecule has 2 aromatic rings. The maximum absolute atomic E-state index is 13.4. The Balaban J connectivity index is 2.20. The topological polar surface area (TPSA) is 46.6 Å². The van der Waals surface area contributed by atoms with Crippen molar-refractivity contribution in [2.45, 2.75) is 45.1 Å². The number of hydrogen-bond acceptors (Lipinski definition) is 3. The number of anilines is 1. The lowest BCUT2D eigenvalue weighted by atomic mass is 10.1. The van der Waals surface area contributed by atoms with Gasteiger partial charge in [-0.25, -0.2) is 8.42 Å². The van der Waals surface area contributed by atoms with E-state index in [0.717, 1.165) is 40.1 Å². The van der Waals surface area contributed by atoms with Crippen LogP contribution in [0, 0.1) is 20.8 Å². The minimum Gasteiger partial charge on any atom is -0.496 e. The number of sulfonamides is 1. The summed E-state index contributed by atoms with van der Waals surface area (Å²) < 4.78 is 33.8. The fourth-order valence-corrected chi connectivity index (χ4v) is 5.68. The minimum absolute atomic E-state index is 0.0884. The second-order valence-electron chi connectivity index (χ2n) is 6.46. The lowest BCUT2D eigenvalue weighted by Crippen LogP contribution is -2.36. The average molecular weight is 345 g/mol. The number of para-hydroxylation sites is 1. The van der Waals surface area contributed by atoms with E-state index in [9.17, 15) is 8.42 Å². The largest absolute Gasteiger partial charge is 0.496 e. The van der Waals surface area contributed by atoms with Crippen LogP contribution in [0.15, 0.2) is 35.2 Å². The molecule has 128 valence electrons. The molecule has 3 rings (SSSR count). The van der Waals surface area contributed by atoms with Gasteiger partial charge < -0.3 is 4.74 Å². The van der Waals surface area contributed by atoms with E-state index in [4.69, 9.17) is 4.74 Å². The lowest BCUT2D eigenvalue weighted by molar-refractivity contribution is 0.407. The highest BCUT2D eigenvalue weighted by molar-refractivity contribution is 7.93. The van der Waals surface area contributed by atoms with Crippen molar-refractivity contribution in [3.05, 3.63) is 52.6 Å². The van der Waals surface area contributed by atoms with Crippen molar-refractivity contribution in [1.82, 2.24) is 0 Å². The zero-order chi connectivity index (χ0) is 17.6. The van der Waals surface area contributed by atoms with Gasteiger partial charge in [-0.2, -0.15) is 0 Å². The Bertz CT molecular complexity index is 903. The number of hydrogen-bond donors (Lipinski definition) is 0. The van der Waals surface area contributed by atoms with Gasteiger partial charge in [0.25, 0.3) is 10.0 Å². The summed E-state index contributed by atoms with van der Waals surface area (Å²) in [6.07, 6.45) is 0.739. The Labute approximate surface area is 144 Å². The van der Waals surface area contributed by atoms with Crippen LogP contribution < -0.4 is 9.04 Å². The summed E-state index contributed by atoms with van der Waals surface area (Å²) in [7, 11) is -2.01. The Morgan fingerprint density at radius 1 is 1.12 bits per heavy atom. The molecule has 0 saturated heterocycles. The van der Waals surface area contributed by atoms with Crippen LogP contribution in [0.2, 0.25) is 0 Å². The molecule has 1 aliphatic rings. The fourth-order valence-electron chi connectivity index (χ4n) is 3.61. The number of methoxy groups -OCH3 is 1. The van der Waals surface area contributed by atoms with Gasteiger partial charge in [-0.15, -0.1) is 0 Å². The van der Waals surface area contributed by atoms with Gasteiger partial charge in [0, 0.05) is 6.04 Å². The third-order valence-electron chi connectivity index (χ3n) is 4.86. The first-order chi connectivity index (χ1) is 11.3. The Morgan fingerprint density at radius 2 is 1.79 bits per heavy atom. The molecular weight excluding hydrogens is 322 g/mol. The molecule has 0 fully saturated rings. The van der Waals surface area contributed by atoms with Crippen LogP contribution in [-0.2, 0) is 16.4 Å². The standard InChI is InChI=1S/C19H23NO3S/c1-12-10-18(14(3)15(4)19(12)23-5)24(21,22)20-13(2)11-16-8-6-7-9-17(16)20/h6-10,13H,11H2,1-5H3/t13-/m1/s1. The minimum atomic E-state index is -3.62. The number of aryl methyl sites for hydroxylation is 1. The van der Waals surface area contributed by atoms with E-state index >= 15 is 0 Å². The van der Waals surface area contributed by atoms with Crippen molar-refractivity contribution in [2.24, 2.45) is 0 Å². The van der Waals surface area contributed by atoms with Gasteiger partial charge in [-0.05, 0) is 68.5 Å². The summed E-state index contributed by atoms with van der Waals surface area (Å²) in [4.78, 5) is 0.363. The summed E-state index contributed by atoms with van der Waals surface area (Å²) >= 11 is 0. The number of ether oxygens (including phenoxy) is 1. The van der Waals surface area contributed by atoms with E-state index in [2.05, 4.69) is 0 Å². The van der Waals surface area contributed by atoms with Gasteiger partial charge in [-0.1, -0.05) is 18.2 Å². The molecule has 0 aliphatic carbocycles. The van der Waals surface area contributed by atoms with Crippen LogP contribution in [0.3, 0.4) is 0 Å². The smallest absolute Gasteiger partial charge is 0.264 e. The predicted octanol–water partition coefficient (Wildman–Crippen LogP) is 3.76. The zero-order valence-electron chi connectivity index (χ0n) is 14.8. The molecule has 24 heavy (non-hydrogen) atoms. The van der Waals surface area contributed by atoms with E-state index in [1.807, 2.05) is 52.0 Å². The van der Waals surface area contributed by atoms with Gasteiger partial charge in [0.2, 0.25) is 0 Å². The van der Waals surface area contributed by atoms with E-state index in [0.29, 0.717) is 4.90 Å². The number of rotatable bonds is 3. The molecule has 4 nitrogen and oxygen atoms in total. The van der Waals surface area contributed by atoms with Gasteiger partial charge in [0.05, 0.1) is 17.7 Å². The van der Waals surface area contributed by atoms with Gasteiger partial charge in [0.1, 0.15) is 5.75 Å². The van der Waals surface area contributed by atoms with Crippen molar-refractivity contribution < 1.29 is 13.2 Å². The monoisotopic (exact) mass is 345 g/mol. The van der Waals surface area contributed by atoms with Crippen LogP contribution in [-0.4, -0.2) is 21.6 Å². The van der Waals surface area contributed by atoms with E-state index in [1.165, 1.54) is 0 Å². The maximum atomic E-state index is 13.4. The van der Waals surface area contributed by atoms with Gasteiger partial charge in [0.15, 0.2) is 0 Å². The summed E-state index contributed by atoms with van der Waals surface area (Å²) in [5.41, 5.74) is 4.31. The van der Waals surface area contributed by atoms with Crippen LogP contribution >= 0.6 is 0 Å². The van der Waals surface area contributed by atoms with Gasteiger partial charge in [-0.3, -0.25) is 4.31 Å². The molecule has 0 unspecified atom stereocenters. The van der Waals surface area contributed by atoms with Crippen molar-refractivity contribution in [2.75, 3.05) is 11.4 Å². The van der Waals surface area contributed by atoms with Crippen molar-refractivity contribution >= 4 is 15.7 Å². The number of benzene rings is 2. The average Bonchev–Trinajstić information content (AvgIpc) is 2.87. The first-order valence-electron chi connectivity index (χ1n) is 8.06. The quantitative estimate of drug-likeness (QED) is 0.851. The Morgan fingerprint density at radius 3 is 2.46 bits per heavy atom. The molecule has 0 radical (unpaired) electrons. The summed E-state index contributed by atoms with van der Waals surface area (Å²) in [5.74, 6) is 0.751. The van der Waals surface area contributed by atoms with Crippen molar-refractivity contribution in [1.29, 1.82) is 0 Å². The first kappa shape index (κ1) is 16.8. The fraction of sp³-hybridized carbons (Fsp3) is 0.368. The number of fused-ring (bicyclic) bond motifs is 1. The normalized spacial score (nSPS) is 17.0. The highest BCUT2D eigenvalue weighted by Crippen LogP contribution is 2.39. The predicted molar refractivity (Wildman–Crippen MR) is 96.5 cm³/mol. The third-order valence-corrected chi connectivity index (χ3v) is 6.92. The third kappa shape index (κ3) is 2.38. The number of nitrogens with zero attached hydrogens (tertiary/aromatic N) is 1. The highest BCUT2D eigenvalue weighted by Gasteiger charge is 2.37. The van der Waals surface area contributed by atoms with Crippen molar-refractivity contribution in [3.63, 3.8) is 0 Å². The Kier molecular flexibility index (Phi) is 4.08.